The number of nitrogens with zero attached hydrogens (tertiary/aromatic N) is 2. The van der Waals surface area contributed by atoms with Crippen molar-refractivity contribution in [1.82, 2.24) is 9.38 Å². The second-order valence-corrected chi connectivity index (χ2v) is 4.50. The quantitative estimate of drug-likeness (QED) is 0.668. The van der Waals surface area contributed by atoms with E-state index in [1.807, 2.05) is 28.8 Å². The van der Waals surface area contributed by atoms with Crippen LogP contribution in [0.1, 0.15) is 0 Å². The van der Waals surface area contributed by atoms with Gasteiger partial charge in [-0.25, -0.2) is 4.98 Å². The Bertz CT molecular complexity index is 749. The van der Waals surface area contributed by atoms with E-state index in [4.69, 9.17) is 9.47 Å². The Hall–Kier alpha value is -2.49. The largest absolute Gasteiger partial charge is 0.486 e. The van der Waals surface area contributed by atoms with Gasteiger partial charge in [0.15, 0.2) is 11.5 Å². The van der Waals surface area contributed by atoms with Crippen LogP contribution in [0.25, 0.3) is 16.6 Å². The lowest BCUT2D eigenvalue weighted by Gasteiger charge is -2.18. The van der Waals surface area contributed by atoms with Crippen LogP contribution in [-0.2, 0) is 0 Å². The second kappa shape index (κ2) is 4.02. The molecule has 94 valence electrons. The maximum Gasteiger partial charge on any atom is 0.161 e. The molecule has 2 aromatic heterocycles. The van der Waals surface area contributed by atoms with Crippen LogP contribution in [-0.4, -0.2) is 22.6 Å². The molecule has 19 heavy (non-hydrogen) atoms. The first-order valence-electron chi connectivity index (χ1n) is 6.22. The molecule has 0 unspecified atom stereocenters. The predicted octanol–water partition coefficient (Wildman–Crippen LogP) is 2.77. The highest BCUT2D eigenvalue weighted by Gasteiger charge is 2.12. The molecule has 0 saturated heterocycles. The Morgan fingerprint density at radius 3 is 2.74 bits per heavy atom. The first-order valence-corrected chi connectivity index (χ1v) is 6.22. The SMILES string of the molecule is c1cc2c(cc1-c1ccc3cncn3c1)OCCO2. The van der Waals surface area contributed by atoms with Gasteiger partial charge < -0.3 is 13.9 Å². The fourth-order valence-electron chi connectivity index (χ4n) is 2.31. The van der Waals surface area contributed by atoms with Gasteiger partial charge in [0, 0.05) is 6.20 Å². The number of aromatic nitrogens is 2. The second-order valence-electron chi connectivity index (χ2n) is 4.50. The number of hydrogen-bond donors (Lipinski definition) is 0. The zero-order valence-corrected chi connectivity index (χ0v) is 10.2. The van der Waals surface area contributed by atoms with E-state index in [2.05, 4.69) is 23.3 Å². The molecule has 1 aliphatic rings. The smallest absolute Gasteiger partial charge is 0.161 e. The first-order chi connectivity index (χ1) is 9.40. The molecule has 0 N–H and O–H groups in total. The highest BCUT2D eigenvalue weighted by atomic mass is 16.6. The Morgan fingerprint density at radius 2 is 1.79 bits per heavy atom. The third-order valence-corrected chi connectivity index (χ3v) is 3.28. The number of hydrogen-bond acceptors (Lipinski definition) is 3. The van der Waals surface area contributed by atoms with Gasteiger partial charge in [-0.3, -0.25) is 0 Å². The van der Waals surface area contributed by atoms with Crippen LogP contribution in [0.2, 0.25) is 0 Å². The molecule has 3 heterocycles. The van der Waals surface area contributed by atoms with Crippen LogP contribution < -0.4 is 9.47 Å². The van der Waals surface area contributed by atoms with Crippen LogP contribution in [0, 0.1) is 0 Å². The van der Waals surface area contributed by atoms with Crippen molar-refractivity contribution in [2.24, 2.45) is 0 Å². The number of pyridine rings is 1. The fourth-order valence-corrected chi connectivity index (χ4v) is 2.31. The number of ether oxygens (including phenoxy) is 2. The van der Waals surface area contributed by atoms with Crippen LogP contribution in [0.15, 0.2) is 49.1 Å². The molecular formula is C15H12N2O2. The van der Waals surface area contributed by atoms with Crippen molar-refractivity contribution in [2.75, 3.05) is 13.2 Å². The highest BCUT2D eigenvalue weighted by Crippen LogP contribution is 2.34. The first kappa shape index (κ1) is 10.4. The van der Waals surface area contributed by atoms with Gasteiger partial charge in [0.25, 0.3) is 0 Å². The average molecular weight is 252 g/mol. The van der Waals surface area contributed by atoms with Crippen molar-refractivity contribution in [3.63, 3.8) is 0 Å². The standard InChI is InChI=1S/C15H12N2O2/c1-3-13-8-16-10-17(13)9-12(1)11-2-4-14-15(7-11)19-6-5-18-14/h1-4,7-10H,5-6H2. The summed E-state index contributed by atoms with van der Waals surface area (Å²) in [4.78, 5) is 4.12. The van der Waals surface area contributed by atoms with Crippen LogP contribution in [0.3, 0.4) is 0 Å². The van der Waals surface area contributed by atoms with Crippen molar-refractivity contribution >= 4 is 5.52 Å². The molecule has 0 saturated carbocycles. The molecule has 4 heteroatoms. The summed E-state index contributed by atoms with van der Waals surface area (Å²) in [6, 6.07) is 10.2. The van der Waals surface area contributed by atoms with Gasteiger partial charge in [-0.1, -0.05) is 12.1 Å². The lowest BCUT2D eigenvalue weighted by Crippen LogP contribution is -2.15. The van der Waals surface area contributed by atoms with Crippen LogP contribution >= 0.6 is 0 Å². The predicted molar refractivity (Wildman–Crippen MR) is 71.6 cm³/mol. The summed E-state index contributed by atoms with van der Waals surface area (Å²) in [6.07, 6.45) is 5.71. The number of benzene rings is 1. The Balaban J connectivity index is 1.82. The minimum atomic E-state index is 0.608. The molecule has 0 bridgehead atoms. The Kier molecular flexibility index (Phi) is 2.21. The molecule has 0 radical (unpaired) electrons. The van der Waals surface area contributed by atoms with Crippen molar-refractivity contribution in [1.29, 1.82) is 0 Å². The topological polar surface area (TPSA) is 35.8 Å². The summed E-state index contributed by atoms with van der Waals surface area (Å²) in [5.74, 6) is 1.63. The summed E-state index contributed by atoms with van der Waals surface area (Å²) in [6.45, 7) is 1.23. The molecule has 1 aliphatic heterocycles. The Morgan fingerprint density at radius 1 is 0.947 bits per heavy atom. The van der Waals surface area contributed by atoms with Gasteiger partial charge in [-0.15, -0.1) is 0 Å². The van der Waals surface area contributed by atoms with E-state index in [9.17, 15) is 0 Å². The van der Waals surface area contributed by atoms with Gasteiger partial charge in [0.1, 0.15) is 13.2 Å². The van der Waals surface area contributed by atoms with E-state index in [-0.39, 0.29) is 0 Å². The molecule has 3 aromatic rings. The van der Waals surface area contributed by atoms with E-state index < -0.39 is 0 Å². The number of rotatable bonds is 1. The minimum Gasteiger partial charge on any atom is -0.486 e. The van der Waals surface area contributed by atoms with Crippen molar-refractivity contribution < 1.29 is 9.47 Å². The van der Waals surface area contributed by atoms with Crippen molar-refractivity contribution in [3.05, 3.63) is 49.1 Å². The molecule has 0 aliphatic carbocycles. The molecule has 4 rings (SSSR count). The monoisotopic (exact) mass is 252 g/mol. The fraction of sp³-hybridized carbons (Fsp3) is 0.133. The van der Waals surface area contributed by atoms with Gasteiger partial charge in [0.05, 0.1) is 18.0 Å². The normalized spacial score (nSPS) is 13.7. The maximum atomic E-state index is 5.61. The zero-order chi connectivity index (χ0) is 12.7. The zero-order valence-electron chi connectivity index (χ0n) is 10.2. The molecule has 0 spiro atoms. The van der Waals surface area contributed by atoms with Gasteiger partial charge in [-0.2, -0.15) is 0 Å². The van der Waals surface area contributed by atoms with E-state index >= 15 is 0 Å². The molecule has 0 atom stereocenters. The van der Waals surface area contributed by atoms with Crippen LogP contribution in [0.4, 0.5) is 0 Å². The van der Waals surface area contributed by atoms with Gasteiger partial charge >= 0.3 is 0 Å². The lowest BCUT2D eigenvalue weighted by molar-refractivity contribution is 0.171. The number of fused-ring (bicyclic) bond motifs is 2. The van der Waals surface area contributed by atoms with Gasteiger partial charge in [0.2, 0.25) is 0 Å². The maximum absolute atomic E-state index is 5.61. The lowest BCUT2D eigenvalue weighted by atomic mass is 10.1. The summed E-state index contributed by atoms with van der Waals surface area (Å²) < 4.78 is 13.2. The molecular weight excluding hydrogens is 240 g/mol. The van der Waals surface area contributed by atoms with E-state index in [1.165, 1.54) is 0 Å². The Labute approximate surface area is 110 Å². The summed E-state index contributed by atoms with van der Waals surface area (Å²) in [5, 5.41) is 0. The molecule has 0 amide bonds. The average Bonchev–Trinajstić information content (AvgIpc) is 2.94. The third kappa shape index (κ3) is 1.73. The van der Waals surface area contributed by atoms with E-state index in [1.54, 1.807) is 6.33 Å². The molecule has 0 fully saturated rings. The summed E-state index contributed by atoms with van der Waals surface area (Å²) >= 11 is 0. The molecule has 4 nitrogen and oxygen atoms in total. The number of imidazole rings is 1. The van der Waals surface area contributed by atoms with E-state index in [0.717, 1.165) is 28.1 Å². The minimum absolute atomic E-state index is 0.608. The van der Waals surface area contributed by atoms with Crippen molar-refractivity contribution in [2.45, 2.75) is 0 Å². The summed E-state index contributed by atoms with van der Waals surface area (Å²) in [7, 11) is 0. The highest BCUT2D eigenvalue weighted by molar-refractivity contribution is 5.68. The third-order valence-electron chi connectivity index (χ3n) is 3.28. The van der Waals surface area contributed by atoms with E-state index in [0.29, 0.717) is 13.2 Å². The van der Waals surface area contributed by atoms with Crippen molar-refractivity contribution in [3.8, 4) is 22.6 Å². The van der Waals surface area contributed by atoms with Gasteiger partial charge in [-0.05, 0) is 29.3 Å². The van der Waals surface area contributed by atoms with Crippen LogP contribution in [0.5, 0.6) is 11.5 Å². The molecule has 1 aromatic carbocycles. The summed E-state index contributed by atoms with van der Waals surface area (Å²) in [5.41, 5.74) is 3.32.